The van der Waals surface area contributed by atoms with Gasteiger partial charge in [0.15, 0.2) is 5.69 Å². The number of rotatable bonds is 3. The van der Waals surface area contributed by atoms with Crippen LogP contribution in [0.5, 0.6) is 0 Å². The van der Waals surface area contributed by atoms with Crippen LogP contribution in [-0.4, -0.2) is 37.8 Å². The maximum atomic E-state index is 12.5. The molecule has 1 aliphatic heterocycles. The second-order valence-corrected chi connectivity index (χ2v) is 6.28. The van der Waals surface area contributed by atoms with Crippen molar-refractivity contribution in [1.29, 1.82) is 0 Å². The second kappa shape index (κ2) is 6.52. The summed E-state index contributed by atoms with van der Waals surface area (Å²) in [5.41, 5.74) is 2.54. The highest BCUT2D eigenvalue weighted by molar-refractivity contribution is 5.92. The van der Waals surface area contributed by atoms with Gasteiger partial charge in [0.1, 0.15) is 5.82 Å². The van der Waals surface area contributed by atoms with Crippen molar-refractivity contribution in [3.8, 4) is 5.69 Å². The van der Waals surface area contributed by atoms with Crippen LogP contribution in [0.4, 0.5) is 0 Å². The fraction of sp³-hybridized carbons (Fsp3) is 0.278. The van der Waals surface area contributed by atoms with E-state index in [0.29, 0.717) is 25.3 Å². The molecule has 25 heavy (non-hydrogen) atoms. The Morgan fingerprint density at radius 3 is 2.92 bits per heavy atom. The zero-order chi connectivity index (χ0) is 17.2. The number of hydrogen-bond donors (Lipinski definition) is 2. The van der Waals surface area contributed by atoms with Crippen LogP contribution >= 0.6 is 0 Å². The Morgan fingerprint density at radius 1 is 1.24 bits per heavy atom. The van der Waals surface area contributed by atoms with Crippen LogP contribution in [0.15, 0.2) is 48.9 Å². The van der Waals surface area contributed by atoms with Crippen molar-refractivity contribution in [3.63, 3.8) is 0 Å². The molecule has 2 aromatic heterocycles. The summed E-state index contributed by atoms with van der Waals surface area (Å²) in [6, 6.07) is 9.75. The lowest BCUT2D eigenvalue weighted by Crippen LogP contribution is -2.43. The molecule has 128 valence electrons. The Balaban J connectivity index is 1.46. The summed E-state index contributed by atoms with van der Waals surface area (Å²) in [4.78, 5) is 16.8. The van der Waals surface area contributed by atoms with E-state index in [9.17, 15) is 4.79 Å². The number of carbonyl (C=O) groups is 1. The Kier molecular flexibility index (Phi) is 4.07. The highest BCUT2D eigenvalue weighted by Crippen LogP contribution is 2.10. The maximum Gasteiger partial charge on any atom is 0.272 e. The molecular formula is C18H20N6O. The Morgan fingerprint density at radius 2 is 2.08 bits per heavy atom. The zero-order valence-corrected chi connectivity index (χ0v) is 14.0. The van der Waals surface area contributed by atoms with Gasteiger partial charge < -0.3 is 15.2 Å². The monoisotopic (exact) mass is 336 g/mol. The van der Waals surface area contributed by atoms with Gasteiger partial charge in [0, 0.05) is 31.7 Å². The molecule has 0 bridgehead atoms. The van der Waals surface area contributed by atoms with E-state index < -0.39 is 0 Å². The van der Waals surface area contributed by atoms with E-state index >= 15 is 0 Å². The van der Waals surface area contributed by atoms with Crippen molar-refractivity contribution in [1.82, 2.24) is 30.0 Å². The molecule has 1 atom stereocenters. The lowest BCUT2D eigenvalue weighted by Gasteiger charge is -2.16. The normalized spacial score (nSPS) is 16.9. The summed E-state index contributed by atoms with van der Waals surface area (Å²) >= 11 is 0. The Labute approximate surface area is 145 Å². The molecule has 1 aliphatic rings. The minimum absolute atomic E-state index is 0.00697. The van der Waals surface area contributed by atoms with Crippen LogP contribution in [0.2, 0.25) is 0 Å². The first kappa shape index (κ1) is 15.6. The van der Waals surface area contributed by atoms with Crippen molar-refractivity contribution in [3.05, 3.63) is 66.0 Å². The molecule has 7 heteroatoms. The molecule has 0 aliphatic carbocycles. The van der Waals surface area contributed by atoms with Gasteiger partial charge in [0.2, 0.25) is 0 Å². The molecular weight excluding hydrogens is 316 g/mol. The number of nitrogens with one attached hydrogen (secondary N) is 2. The van der Waals surface area contributed by atoms with E-state index in [1.165, 1.54) is 5.56 Å². The molecule has 0 saturated carbocycles. The zero-order valence-electron chi connectivity index (χ0n) is 14.0. The molecule has 4 rings (SSSR count). The number of aromatic nitrogens is 4. The highest BCUT2D eigenvalue weighted by atomic mass is 16.2. The first-order valence-corrected chi connectivity index (χ1v) is 8.33. The second-order valence-electron chi connectivity index (χ2n) is 6.28. The van der Waals surface area contributed by atoms with Gasteiger partial charge in [0.05, 0.1) is 18.3 Å². The smallest absolute Gasteiger partial charge is 0.272 e. The van der Waals surface area contributed by atoms with Gasteiger partial charge in [0.25, 0.3) is 5.91 Å². The number of hydrogen-bond acceptors (Lipinski definition) is 4. The molecule has 1 aromatic carbocycles. The topological polar surface area (TPSA) is 76.8 Å². The predicted molar refractivity (Wildman–Crippen MR) is 93.5 cm³/mol. The van der Waals surface area contributed by atoms with Crippen molar-refractivity contribution < 1.29 is 4.79 Å². The van der Waals surface area contributed by atoms with Gasteiger partial charge in [-0.3, -0.25) is 4.79 Å². The Hall–Kier alpha value is -2.93. The van der Waals surface area contributed by atoms with Gasteiger partial charge in [-0.05, 0) is 25.1 Å². The van der Waals surface area contributed by atoms with Crippen molar-refractivity contribution in [2.45, 2.75) is 26.1 Å². The Bertz CT molecular complexity index is 879. The molecule has 3 aromatic rings. The summed E-state index contributed by atoms with van der Waals surface area (Å²) in [5, 5.41) is 10.8. The average Bonchev–Trinajstić information content (AvgIpc) is 3.22. The molecule has 3 heterocycles. The van der Waals surface area contributed by atoms with Crippen molar-refractivity contribution in [2.24, 2.45) is 0 Å². The number of carbonyl (C=O) groups excluding carboxylic acids is 1. The summed E-state index contributed by atoms with van der Waals surface area (Å²) in [7, 11) is 0. The number of amides is 1. The summed E-state index contributed by atoms with van der Waals surface area (Å²) in [6.45, 7) is 4.15. The van der Waals surface area contributed by atoms with Crippen molar-refractivity contribution >= 4 is 5.91 Å². The predicted octanol–water partition coefficient (Wildman–Crippen LogP) is 1.28. The number of fused-ring (bicyclic) bond motifs is 1. The molecule has 0 spiro atoms. The first-order chi connectivity index (χ1) is 12.2. The minimum atomic E-state index is -0.166. The van der Waals surface area contributed by atoms with Gasteiger partial charge in [-0.25, -0.2) is 9.67 Å². The molecule has 1 unspecified atom stereocenters. The van der Waals surface area contributed by atoms with E-state index in [1.807, 2.05) is 37.4 Å². The fourth-order valence-corrected chi connectivity index (χ4v) is 2.98. The number of aryl methyl sites for hydroxylation is 1. The van der Waals surface area contributed by atoms with E-state index in [-0.39, 0.29) is 11.9 Å². The molecule has 0 saturated heterocycles. The van der Waals surface area contributed by atoms with E-state index in [4.69, 9.17) is 0 Å². The summed E-state index contributed by atoms with van der Waals surface area (Å²) in [5.74, 6) is 0.821. The summed E-state index contributed by atoms with van der Waals surface area (Å²) in [6.07, 6.45) is 5.52. The van der Waals surface area contributed by atoms with Crippen LogP contribution in [0.3, 0.4) is 0 Å². The fourth-order valence-electron chi connectivity index (χ4n) is 2.98. The molecule has 0 fully saturated rings. The third kappa shape index (κ3) is 3.32. The molecule has 0 radical (unpaired) electrons. The number of imidazole rings is 1. The van der Waals surface area contributed by atoms with Crippen LogP contribution < -0.4 is 10.6 Å². The summed E-state index contributed by atoms with van der Waals surface area (Å²) < 4.78 is 3.78. The van der Waals surface area contributed by atoms with Crippen LogP contribution in [0.25, 0.3) is 5.69 Å². The van der Waals surface area contributed by atoms with Gasteiger partial charge >= 0.3 is 0 Å². The van der Waals surface area contributed by atoms with E-state index in [2.05, 4.69) is 25.3 Å². The van der Waals surface area contributed by atoms with Gasteiger partial charge in [-0.2, -0.15) is 5.10 Å². The lowest BCUT2D eigenvalue weighted by atomic mass is 10.2. The van der Waals surface area contributed by atoms with Crippen LogP contribution in [0, 0.1) is 6.92 Å². The quantitative estimate of drug-likeness (QED) is 0.755. The van der Waals surface area contributed by atoms with Crippen molar-refractivity contribution in [2.75, 3.05) is 6.54 Å². The SMILES string of the molecule is Cc1ccc(-n2ccc(C(=O)NC3CNCc4nccn4C3)n2)cc1. The molecule has 1 amide bonds. The minimum Gasteiger partial charge on any atom is -0.345 e. The standard InChI is InChI=1S/C18H20N6O/c1-13-2-4-15(5-3-13)24-8-6-16(22-24)18(25)21-14-10-19-11-17-20-7-9-23(17)12-14/h2-9,14,19H,10-12H2,1H3,(H,21,25). The largest absolute Gasteiger partial charge is 0.345 e. The highest BCUT2D eigenvalue weighted by Gasteiger charge is 2.20. The van der Waals surface area contributed by atoms with Gasteiger partial charge in [-0.1, -0.05) is 17.7 Å². The van der Waals surface area contributed by atoms with Gasteiger partial charge in [-0.15, -0.1) is 0 Å². The van der Waals surface area contributed by atoms with E-state index in [0.717, 1.165) is 11.5 Å². The number of benzene rings is 1. The van der Waals surface area contributed by atoms with Crippen LogP contribution in [-0.2, 0) is 13.1 Å². The lowest BCUT2D eigenvalue weighted by molar-refractivity contribution is 0.0928. The third-order valence-corrected chi connectivity index (χ3v) is 4.35. The average molecular weight is 336 g/mol. The van der Waals surface area contributed by atoms with Crippen LogP contribution in [0.1, 0.15) is 21.9 Å². The third-order valence-electron chi connectivity index (χ3n) is 4.35. The molecule has 2 N–H and O–H groups in total. The first-order valence-electron chi connectivity index (χ1n) is 8.33. The molecule has 7 nitrogen and oxygen atoms in total. The van der Waals surface area contributed by atoms with E-state index in [1.54, 1.807) is 23.1 Å². The maximum absolute atomic E-state index is 12.5. The number of nitrogens with zero attached hydrogens (tertiary/aromatic N) is 4.